The van der Waals surface area contributed by atoms with E-state index in [9.17, 15) is 19.8 Å². The van der Waals surface area contributed by atoms with Gasteiger partial charge in [-0.2, -0.15) is 0 Å². The Bertz CT molecular complexity index is 1030. The number of rotatable bonds is 7. The lowest BCUT2D eigenvalue weighted by molar-refractivity contribution is -0.169. The van der Waals surface area contributed by atoms with Crippen LogP contribution in [0.2, 0.25) is 0 Å². The molecule has 0 radical (unpaired) electrons. The number of benzene rings is 2. The van der Waals surface area contributed by atoms with Crippen LogP contribution in [0.15, 0.2) is 65.9 Å². The second kappa shape index (κ2) is 8.95. The molecule has 1 atom stereocenters. The summed E-state index contributed by atoms with van der Waals surface area (Å²) in [6, 6.07) is 12.7. The van der Waals surface area contributed by atoms with Gasteiger partial charge in [0.15, 0.2) is 0 Å². The van der Waals surface area contributed by atoms with E-state index in [4.69, 9.17) is 14.2 Å². The summed E-state index contributed by atoms with van der Waals surface area (Å²) in [4.78, 5) is 25.1. The number of aliphatic hydroxyl groups excluding tert-OH is 1. The number of esters is 2. The topological polar surface area (TPSA) is 102 Å². The number of aliphatic hydroxyl groups is 1. The molecule has 162 valence electrons. The second-order valence-corrected chi connectivity index (χ2v) is 7.39. The lowest BCUT2D eigenvalue weighted by Gasteiger charge is -2.28. The van der Waals surface area contributed by atoms with Crippen molar-refractivity contribution >= 4 is 17.5 Å². The van der Waals surface area contributed by atoms with Crippen molar-refractivity contribution in [2.75, 3.05) is 13.7 Å². The monoisotopic (exact) mass is 424 g/mol. The molecule has 0 saturated heterocycles. The standard InChI is InChI=1S/C24H24O7/c1-15(2)12-13-30-19-10-6-17(7-11-19)20-21(26)22(27)31-24(20,23(28)29-3)14-16-4-8-18(25)9-5-16/h4-12,25-26H,13-14H2,1-3H3/t24-/m1/s1. The molecule has 2 N–H and O–H groups in total. The van der Waals surface area contributed by atoms with E-state index in [0.29, 0.717) is 23.5 Å². The molecule has 0 fully saturated rings. The minimum absolute atomic E-state index is 0.0215. The average Bonchev–Trinajstić information content (AvgIpc) is 3.00. The van der Waals surface area contributed by atoms with Crippen molar-refractivity contribution in [2.24, 2.45) is 0 Å². The summed E-state index contributed by atoms with van der Waals surface area (Å²) in [5.41, 5.74) is 0.308. The molecule has 0 aromatic heterocycles. The SMILES string of the molecule is COC(=O)[C@]1(Cc2ccc(O)cc2)OC(=O)C(O)=C1c1ccc(OCC=C(C)C)cc1. The van der Waals surface area contributed by atoms with Crippen molar-refractivity contribution in [3.05, 3.63) is 77.1 Å². The zero-order valence-corrected chi connectivity index (χ0v) is 17.5. The molecule has 31 heavy (non-hydrogen) atoms. The maximum absolute atomic E-state index is 12.8. The predicted octanol–water partition coefficient (Wildman–Crippen LogP) is 3.72. The van der Waals surface area contributed by atoms with Crippen molar-refractivity contribution in [2.45, 2.75) is 25.9 Å². The molecule has 0 aliphatic carbocycles. The highest BCUT2D eigenvalue weighted by atomic mass is 16.6. The van der Waals surface area contributed by atoms with E-state index < -0.39 is 23.3 Å². The summed E-state index contributed by atoms with van der Waals surface area (Å²) in [6.45, 7) is 4.35. The number of phenols is 1. The van der Waals surface area contributed by atoms with E-state index in [2.05, 4.69) is 0 Å². The number of ether oxygens (including phenoxy) is 3. The number of aromatic hydroxyl groups is 1. The van der Waals surface area contributed by atoms with Gasteiger partial charge in [0, 0.05) is 6.42 Å². The van der Waals surface area contributed by atoms with Crippen LogP contribution in [0, 0.1) is 0 Å². The first-order valence-electron chi connectivity index (χ1n) is 9.67. The quantitative estimate of drug-likeness (QED) is 0.516. The molecule has 0 spiro atoms. The van der Waals surface area contributed by atoms with Gasteiger partial charge in [-0.25, -0.2) is 9.59 Å². The van der Waals surface area contributed by atoms with E-state index in [-0.39, 0.29) is 17.7 Å². The van der Waals surface area contributed by atoms with Gasteiger partial charge in [0.1, 0.15) is 18.1 Å². The summed E-state index contributed by atoms with van der Waals surface area (Å²) in [5.74, 6) is -1.84. The Kier molecular flexibility index (Phi) is 6.34. The second-order valence-electron chi connectivity index (χ2n) is 7.39. The van der Waals surface area contributed by atoms with E-state index in [1.54, 1.807) is 36.4 Å². The molecule has 0 amide bonds. The summed E-state index contributed by atoms with van der Waals surface area (Å²) in [6.07, 6.45) is 1.86. The zero-order valence-electron chi connectivity index (χ0n) is 17.5. The van der Waals surface area contributed by atoms with Crippen LogP contribution in [-0.2, 0) is 25.5 Å². The van der Waals surface area contributed by atoms with Crippen LogP contribution >= 0.6 is 0 Å². The lowest BCUT2D eigenvalue weighted by atomic mass is 9.83. The van der Waals surface area contributed by atoms with E-state index in [1.807, 2.05) is 19.9 Å². The van der Waals surface area contributed by atoms with Crippen LogP contribution < -0.4 is 4.74 Å². The normalized spacial score (nSPS) is 17.8. The number of methoxy groups -OCH3 is 1. The highest BCUT2D eigenvalue weighted by molar-refractivity contribution is 6.11. The molecule has 3 rings (SSSR count). The number of carbonyl (C=O) groups excluding carboxylic acids is 2. The van der Waals surface area contributed by atoms with Gasteiger partial charge in [-0.15, -0.1) is 0 Å². The molecule has 1 aliphatic rings. The molecule has 2 aromatic carbocycles. The van der Waals surface area contributed by atoms with Crippen molar-refractivity contribution < 1.29 is 34.0 Å². The maximum atomic E-state index is 12.8. The van der Waals surface area contributed by atoms with Gasteiger partial charge < -0.3 is 24.4 Å². The third-order valence-corrected chi connectivity index (χ3v) is 4.89. The fourth-order valence-corrected chi connectivity index (χ4v) is 3.35. The number of hydrogen-bond acceptors (Lipinski definition) is 7. The van der Waals surface area contributed by atoms with Crippen molar-refractivity contribution in [1.29, 1.82) is 0 Å². The molecular formula is C24H24O7. The van der Waals surface area contributed by atoms with Gasteiger partial charge in [0.05, 0.1) is 12.7 Å². The maximum Gasteiger partial charge on any atom is 0.375 e. The van der Waals surface area contributed by atoms with Crippen LogP contribution in [-0.4, -0.2) is 41.5 Å². The molecule has 1 aliphatic heterocycles. The van der Waals surface area contributed by atoms with Crippen molar-refractivity contribution in [3.8, 4) is 11.5 Å². The van der Waals surface area contributed by atoms with Crippen LogP contribution in [0.5, 0.6) is 11.5 Å². The Hall–Kier alpha value is -3.74. The lowest BCUT2D eigenvalue weighted by Crippen LogP contribution is -2.44. The van der Waals surface area contributed by atoms with Gasteiger partial charge in [-0.05, 0) is 55.3 Å². The first kappa shape index (κ1) is 22.0. The van der Waals surface area contributed by atoms with Crippen molar-refractivity contribution in [3.63, 3.8) is 0 Å². The summed E-state index contributed by atoms with van der Waals surface area (Å²) in [7, 11) is 1.18. The van der Waals surface area contributed by atoms with Crippen LogP contribution in [0.1, 0.15) is 25.0 Å². The van der Waals surface area contributed by atoms with Gasteiger partial charge in [-0.3, -0.25) is 0 Å². The van der Waals surface area contributed by atoms with E-state index in [0.717, 1.165) is 5.57 Å². The first-order valence-corrected chi connectivity index (χ1v) is 9.67. The molecule has 0 saturated carbocycles. The first-order chi connectivity index (χ1) is 14.8. The van der Waals surface area contributed by atoms with Crippen LogP contribution in [0.3, 0.4) is 0 Å². The smallest absolute Gasteiger partial charge is 0.375 e. The minimum atomic E-state index is -1.86. The minimum Gasteiger partial charge on any atom is -0.508 e. The molecule has 0 bridgehead atoms. The Morgan fingerprint density at radius 3 is 2.29 bits per heavy atom. The zero-order chi connectivity index (χ0) is 22.6. The molecular weight excluding hydrogens is 400 g/mol. The number of carbonyl (C=O) groups is 2. The summed E-state index contributed by atoms with van der Waals surface area (Å²) in [5, 5.41) is 20.0. The Morgan fingerprint density at radius 1 is 1.06 bits per heavy atom. The molecule has 1 heterocycles. The summed E-state index contributed by atoms with van der Waals surface area (Å²) >= 11 is 0. The van der Waals surface area contributed by atoms with Crippen molar-refractivity contribution in [1.82, 2.24) is 0 Å². The largest absolute Gasteiger partial charge is 0.508 e. The average molecular weight is 424 g/mol. The number of hydrogen-bond donors (Lipinski definition) is 2. The fraction of sp³-hybridized carbons (Fsp3) is 0.250. The molecule has 7 heteroatoms. The van der Waals surface area contributed by atoms with E-state index in [1.165, 1.54) is 19.2 Å². The fourth-order valence-electron chi connectivity index (χ4n) is 3.35. The molecule has 7 nitrogen and oxygen atoms in total. The Morgan fingerprint density at radius 2 is 1.71 bits per heavy atom. The summed E-state index contributed by atoms with van der Waals surface area (Å²) < 4.78 is 16.0. The Balaban J connectivity index is 1.99. The van der Waals surface area contributed by atoms with Gasteiger partial charge in [0.2, 0.25) is 11.4 Å². The number of allylic oxidation sites excluding steroid dienone is 1. The van der Waals surface area contributed by atoms with Gasteiger partial charge in [0.25, 0.3) is 0 Å². The third kappa shape index (κ3) is 4.55. The third-order valence-electron chi connectivity index (χ3n) is 4.89. The van der Waals surface area contributed by atoms with Crippen LogP contribution in [0.25, 0.3) is 5.57 Å². The predicted molar refractivity (Wildman–Crippen MR) is 114 cm³/mol. The molecule has 0 unspecified atom stereocenters. The number of cyclic esters (lactones) is 1. The number of phenolic OH excluding ortho intramolecular Hbond substituents is 1. The highest BCUT2D eigenvalue weighted by Gasteiger charge is 2.55. The Labute approximate surface area is 180 Å². The highest BCUT2D eigenvalue weighted by Crippen LogP contribution is 2.43. The molecule has 2 aromatic rings. The van der Waals surface area contributed by atoms with Gasteiger partial charge in [-0.1, -0.05) is 29.8 Å². The van der Waals surface area contributed by atoms with E-state index >= 15 is 0 Å². The van der Waals surface area contributed by atoms with Crippen LogP contribution in [0.4, 0.5) is 0 Å². The van der Waals surface area contributed by atoms with Gasteiger partial charge >= 0.3 is 11.9 Å².